The Hall–Kier alpha value is -1.88. The first-order chi connectivity index (χ1) is 30.6. The lowest BCUT2D eigenvalue weighted by Crippen LogP contribution is -2.30. The Morgan fingerprint density at radius 2 is 0.677 bits per heavy atom. The second-order valence-electron chi connectivity index (χ2n) is 18.5. The summed E-state index contributed by atoms with van der Waals surface area (Å²) in [5.41, 5.74) is 0. The quantitative estimate of drug-likeness (QED) is 0.0346. The van der Waals surface area contributed by atoms with Crippen molar-refractivity contribution < 1.29 is 23.8 Å². The lowest BCUT2D eigenvalue weighted by molar-refractivity contribution is -0.163. The highest BCUT2D eigenvalue weighted by molar-refractivity contribution is 5.70. The van der Waals surface area contributed by atoms with Gasteiger partial charge in [-0.15, -0.1) is 0 Å². The smallest absolute Gasteiger partial charge is 0.306 e. The van der Waals surface area contributed by atoms with Crippen molar-refractivity contribution in [3.8, 4) is 0 Å². The van der Waals surface area contributed by atoms with E-state index in [9.17, 15) is 9.59 Å². The molecule has 5 nitrogen and oxygen atoms in total. The van der Waals surface area contributed by atoms with Crippen LogP contribution in [0.5, 0.6) is 0 Å². The van der Waals surface area contributed by atoms with Gasteiger partial charge in [0, 0.05) is 19.4 Å². The van der Waals surface area contributed by atoms with Gasteiger partial charge in [0.15, 0.2) is 6.10 Å². The predicted molar refractivity (Wildman–Crippen MR) is 270 cm³/mol. The topological polar surface area (TPSA) is 61.8 Å². The van der Waals surface area contributed by atoms with Crippen LogP contribution in [0.1, 0.15) is 290 Å². The van der Waals surface area contributed by atoms with Gasteiger partial charge in [-0.05, 0) is 77.0 Å². The van der Waals surface area contributed by atoms with Gasteiger partial charge in [0.05, 0.1) is 6.61 Å². The van der Waals surface area contributed by atoms with Crippen LogP contribution in [0.4, 0.5) is 0 Å². The number of hydrogen-bond acceptors (Lipinski definition) is 5. The molecule has 0 aromatic carbocycles. The molecule has 0 N–H and O–H groups in total. The van der Waals surface area contributed by atoms with Gasteiger partial charge in [0.2, 0.25) is 0 Å². The van der Waals surface area contributed by atoms with Gasteiger partial charge in [0.1, 0.15) is 6.61 Å². The molecule has 1 atom stereocenters. The van der Waals surface area contributed by atoms with Crippen molar-refractivity contribution in [2.75, 3.05) is 19.8 Å². The minimum atomic E-state index is -0.532. The molecule has 0 aromatic rings. The maximum Gasteiger partial charge on any atom is 0.306 e. The second-order valence-corrected chi connectivity index (χ2v) is 18.5. The largest absolute Gasteiger partial charge is 0.462 e. The first-order valence-electron chi connectivity index (χ1n) is 27.5. The Labute approximate surface area is 387 Å². The zero-order valence-corrected chi connectivity index (χ0v) is 41.9. The second kappa shape index (κ2) is 53.5. The molecule has 0 rings (SSSR count). The third-order valence-corrected chi connectivity index (χ3v) is 12.1. The van der Waals surface area contributed by atoms with Crippen LogP contribution in [-0.2, 0) is 23.8 Å². The monoisotopic (exact) mass is 871 g/mol. The van der Waals surface area contributed by atoms with E-state index in [0.717, 1.165) is 38.5 Å². The van der Waals surface area contributed by atoms with E-state index in [1.165, 1.54) is 218 Å². The van der Waals surface area contributed by atoms with E-state index in [-0.39, 0.29) is 18.5 Å². The summed E-state index contributed by atoms with van der Waals surface area (Å²) in [6, 6.07) is 0. The van der Waals surface area contributed by atoms with Crippen LogP contribution in [0.2, 0.25) is 0 Å². The lowest BCUT2D eigenvalue weighted by atomic mass is 10.1. The number of allylic oxidation sites excluding steroid dienone is 6. The maximum atomic E-state index is 12.7. The van der Waals surface area contributed by atoms with Crippen molar-refractivity contribution in [2.45, 2.75) is 297 Å². The van der Waals surface area contributed by atoms with Gasteiger partial charge < -0.3 is 14.2 Å². The molecule has 0 aromatic heterocycles. The summed E-state index contributed by atoms with van der Waals surface area (Å²) in [5, 5.41) is 0. The first kappa shape index (κ1) is 60.1. The van der Waals surface area contributed by atoms with Crippen LogP contribution in [0, 0.1) is 0 Å². The highest BCUT2D eigenvalue weighted by Gasteiger charge is 2.17. The molecule has 0 amide bonds. The summed E-state index contributed by atoms with van der Waals surface area (Å²) in [4.78, 5) is 25.3. The van der Waals surface area contributed by atoms with E-state index >= 15 is 0 Å². The van der Waals surface area contributed by atoms with E-state index in [0.29, 0.717) is 26.1 Å². The van der Waals surface area contributed by atoms with Gasteiger partial charge in [-0.2, -0.15) is 0 Å². The highest BCUT2D eigenvalue weighted by Crippen LogP contribution is 2.15. The summed E-state index contributed by atoms with van der Waals surface area (Å²) in [6.07, 6.45) is 64.6. The first-order valence-corrected chi connectivity index (χ1v) is 27.5. The van der Waals surface area contributed by atoms with Crippen LogP contribution >= 0.6 is 0 Å². The molecular formula is C57H106O5. The van der Waals surface area contributed by atoms with Crippen LogP contribution in [0.15, 0.2) is 36.5 Å². The van der Waals surface area contributed by atoms with Gasteiger partial charge >= 0.3 is 11.9 Å². The standard InChI is InChI=1S/C57H106O5/c1-4-7-10-13-16-18-20-22-24-26-28-30-32-34-36-38-40-43-46-49-52-60-53-55(62-57(59)51-48-45-41-15-12-9-6-3)54-61-56(58)50-47-44-42-39-37-35-33-31-29-27-25-23-21-19-17-14-11-8-5-2/h17,19,22-25,55H,4-16,18,20-21,26-54H2,1-3H3/b19-17-,24-22-,25-23-. The number of rotatable bonds is 51. The van der Waals surface area contributed by atoms with E-state index in [1.807, 2.05) is 0 Å². The number of carbonyl (C=O) groups excluding carboxylic acids is 2. The third-order valence-electron chi connectivity index (χ3n) is 12.1. The molecule has 62 heavy (non-hydrogen) atoms. The molecule has 1 unspecified atom stereocenters. The molecule has 0 fully saturated rings. The summed E-state index contributed by atoms with van der Waals surface area (Å²) in [5.74, 6) is -0.395. The van der Waals surface area contributed by atoms with Crippen molar-refractivity contribution in [3.05, 3.63) is 36.5 Å². The molecule has 364 valence electrons. The average Bonchev–Trinajstić information content (AvgIpc) is 3.27. The SMILES string of the molecule is CCCCC/C=C\C/C=C\CCCCCCCCCCCC(=O)OCC(COCCCCCCCCCCCC/C=C\CCCCCCCC)OC(=O)CCCCCCCCC. The zero-order valence-electron chi connectivity index (χ0n) is 41.9. The molecule has 0 radical (unpaired) electrons. The summed E-state index contributed by atoms with van der Waals surface area (Å²) in [7, 11) is 0. The molecule has 0 aliphatic carbocycles. The minimum Gasteiger partial charge on any atom is -0.462 e. The Morgan fingerprint density at radius 3 is 1.11 bits per heavy atom. The molecular weight excluding hydrogens is 765 g/mol. The number of hydrogen-bond donors (Lipinski definition) is 0. The van der Waals surface area contributed by atoms with Crippen molar-refractivity contribution in [1.29, 1.82) is 0 Å². The summed E-state index contributed by atoms with van der Waals surface area (Å²) in [6.45, 7) is 7.80. The molecule has 0 saturated heterocycles. The van der Waals surface area contributed by atoms with Gasteiger partial charge in [-0.3, -0.25) is 9.59 Å². The fraction of sp³-hybridized carbons (Fsp3) is 0.860. The van der Waals surface area contributed by atoms with Crippen LogP contribution in [0.25, 0.3) is 0 Å². The van der Waals surface area contributed by atoms with Gasteiger partial charge in [-0.25, -0.2) is 0 Å². The normalized spacial score (nSPS) is 12.4. The van der Waals surface area contributed by atoms with Crippen molar-refractivity contribution in [1.82, 2.24) is 0 Å². The number of ether oxygens (including phenoxy) is 3. The minimum absolute atomic E-state index is 0.0868. The fourth-order valence-corrected chi connectivity index (χ4v) is 8.01. The van der Waals surface area contributed by atoms with Crippen LogP contribution in [-0.4, -0.2) is 37.9 Å². The van der Waals surface area contributed by atoms with Crippen molar-refractivity contribution in [3.63, 3.8) is 0 Å². The lowest BCUT2D eigenvalue weighted by Gasteiger charge is -2.18. The molecule has 0 saturated carbocycles. The number of esters is 2. The van der Waals surface area contributed by atoms with E-state index in [2.05, 4.69) is 57.2 Å². The summed E-state index contributed by atoms with van der Waals surface area (Å²) >= 11 is 0. The summed E-state index contributed by atoms with van der Waals surface area (Å²) < 4.78 is 17.4. The third kappa shape index (κ3) is 50.8. The Kier molecular flexibility index (Phi) is 51.8. The molecule has 5 heteroatoms. The van der Waals surface area contributed by atoms with Crippen molar-refractivity contribution >= 4 is 11.9 Å². The van der Waals surface area contributed by atoms with E-state index in [4.69, 9.17) is 14.2 Å². The molecule has 0 aliphatic heterocycles. The van der Waals surface area contributed by atoms with Crippen LogP contribution < -0.4 is 0 Å². The van der Waals surface area contributed by atoms with Gasteiger partial charge in [-0.1, -0.05) is 237 Å². The molecule has 0 aliphatic rings. The van der Waals surface area contributed by atoms with Crippen LogP contribution in [0.3, 0.4) is 0 Å². The predicted octanol–water partition coefficient (Wildman–Crippen LogP) is 18.6. The molecule has 0 bridgehead atoms. The maximum absolute atomic E-state index is 12.7. The van der Waals surface area contributed by atoms with Gasteiger partial charge in [0.25, 0.3) is 0 Å². The average molecular weight is 871 g/mol. The highest BCUT2D eigenvalue weighted by atomic mass is 16.6. The Morgan fingerprint density at radius 1 is 0.355 bits per heavy atom. The Balaban J connectivity index is 4.05. The molecule has 0 heterocycles. The van der Waals surface area contributed by atoms with E-state index in [1.54, 1.807) is 0 Å². The molecule has 0 spiro atoms. The Bertz CT molecular complexity index is 986. The number of unbranched alkanes of at least 4 members (excludes halogenated alkanes) is 34. The fourth-order valence-electron chi connectivity index (χ4n) is 8.01. The number of carbonyl (C=O) groups is 2. The van der Waals surface area contributed by atoms with Crippen molar-refractivity contribution in [2.24, 2.45) is 0 Å². The van der Waals surface area contributed by atoms with E-state index < -0.39 is 6.10 Å². The zero-order chi connectivity index (χ0) is 44.9.